The molecule has 0 unspecified atom stereocenters. The van der Waals surface area contributed by atoms with Gasteiger partial charge < -0.3 is 15.5 Å². The molecule has 1 aromatic rings. The zero-order valence-electron chi connectivity index (χ0n) is 16.4. The number of carbonyl (C=O) groups excluding carboxylic acids is 1. The zero-order valence-corrected chi connectivity index (χ0v) is 18.0. The summed E-state index contributed by atoms with van der Waals surface area (Å²) in [5.74, 6) is 1.45. The second-order valence-electron chi connectivity index (χ2n) is 8.07. The van der Waals surface area contributed by atoms with Crippen LogP contribution in [0.15, 0.2) is 30.3 Å². The van der Waals surface area contributed by atoms with Gasteiger partial charge >= 0.3 is 0 Å². The monoisotopic (exact) mass is 415 g/mol. The van der Waals surface area contributed by atoms with Gasteiger partial charge in [-0.25, -0.2) is 0 Å². The van der Waals surface area contributed by atoms with Crippen molar-refractivity contribution in [3.8, 4) is 0 Å². The average Bonchev–Trinajstić information content (AvgIpc) is 3.01. The highest BCUT2D eigenvalue weighted by molar-refractivity contribution is 5.85. The van der Waals surface area contributed by atoms with Crippen molar-refractivity contribution in [2.45, 2.75) is 51.1 Å². The van der Waals surface area contributed by atoms with Crippen LogP contribution in [0.2, 0.25) is 0 Å². The van der Waals surface area contributed by atoms with E-state index in [1.807, 2.05) is 0 Å². The Kier molecular flexibility index (Phi) is 10.7. The quantitative estimate of drug-likeness (QED) is 0.769. The highest BCUT2D eigenvalue weighted by atomic mass is 35.5. The van der Waals surface area contributed by atoms with Crippen LogP contribution >= 0.6 is 24.8 Å². The summed E-state index contributed by atoms with van der Waals surface area (Å²) in [5.41, 5.74) is 7.49. The predicted molar refractivity (Wildman–Crippen MR) is 117 cm³/mol. The summed E-state index contributed by atoms with van der Waals surface area (Å²) in [6.07, 6.45) is 6.33. The molecule has 2 fully saturated rings. The summed E-state index contributed by atoms with van der Waals surface area (Å²) in [7, 11) is 2.20. The standard InChI is InChI=1S/C21H33N3O.2ClH/c1-23(15-17-6-3-2-4-7-17)16-18-10-12-24(13-11-18)21(25)14-19-8-5-9-20(19)22;;/h2-4,6-7,18-20H,5,8-16,22H2,1H3;2*1H/t19-,20+;;/m0../s1. The molecule has 0 spiro atoms. The number of nitrogens with zero attached hydrogens (tertiary/aromatic N) is 2. The third-order valence-electron chi connectivity index (χ3n) is 5.99. The van der Waals surface area contributed by atoms with Crippen LogP contribution < -0.4 is 5.73 Å². The highest BCUT2D eigenvalue weighted by Gasteiger charge is 2.29. The molecule has 6 heteroatoms. The van der Waals surface area contributed by atoms with E-state index in [-0.39, 0.29) is 30.9 Å². The first-order valence-corrected chi connectivity index (χ1v) is 9.87. The van der Waals surface area contributed by atoms with Crippen molar-refractivity contribution in [1.82, 2.24) is 9.80 Å². The minimum absolute atomic E-state index is 0. The van der Waals surface area contributed by atoms with Crippen molar-refractivity contribution < 1.29 is 4.79 Å². The Bertz CT molecular complexity index is 550. The van der Waals surface area contributed by atoms with E-state index < -0.39 is 0 Å². The minimum atomic E-state index is 0. The molecule has 0 radical (unpaired) electrons. The molecule has 1 saturated heterocycles. The van der Waals surface area contributed by atoms with Gasteiger partial charge in [0.15, 0.2) is 0 Å². The molecule has 27 heavy (non-hydrogen) atoms. The average molecular weight is 416 g/mol. The Balaban J connectivity index is 0.00000182. The van der Waals surface area contributed by atoms with E-state index in [1.54, 1.807) is 0 Å². The minimum Gasteiger partial charge on any atom is -0.343 e. The Labute approximate surface area is 176 Å². The second kappa shape index (κ2) is 11.9. The molecule has 1 aliphatic carbocycles. The lowest BCUT2D eigenvalue weighted by atomic mass is 9.94. The summed E-state index contributed by atoms with van der Waals surface area (Å²) >= 11 is 0. The van der Waals surface area contributed by atoms with Gasteiger partial charge in [0.1, 0.15) is 0 Å². The van der Waals surface area contributed by atoms with Crippen LogP contribution in [0, 0.1) is 11.8 Å². The number of rotatable bonds is 6. The van der Waals surface area contributed by atoms with Gasteiger partial charge in [-0.05, 0) is 50.1 Å². The van der Waals surface area contributed by atoms with Gasteiger partial charge in [0.25, 0.3) is 0 Å². The van der Waals surface area contributed by atoms with Gasteiger partial charge in [-0.2, -0.15) is 0 Å². The first-order chi connectivity index (χ1) is 12.1. The van der Waals surface area contributed by atoms with E-state index in [1.165, 1.54) is 12.0 Å². The topological polar surface area (TPSA) is 49.6 Å². The van der Waals surface area contributed by atoms with Crippen LogP contribution in [0.25, 0.3) is 0 Å². The van der Waals surface area contributed by atoms with Gasteiger partial charge in [0, 0.05) is 38.6 Å². The Morgan fingerprint density at radius 2 is 1.78 bits per heavy atom. The number of halogens is 2. The third kappa shape index (κ3) is 7.26. The zero-order chi connectivity index (χ0) is 17.6. The number of piperidine rings is 1. The van der Waals surface area contributed by atoms with E-state index in [0.29, 0.717) is 24.2 Å². The maximum absolute atomic E-state index is 12.5. The lowest BCUT2D eigenvalue weighted by Gasteiger charge is -2.34. The molecular formula is C21H35Cl2N3O. The lowest BCUT2D eigenvalue weighted by molar-refractivity contribution is -0.133. The third-order valence-corrected chi connectivity index (χ3v) is 5.99. The number of hydrogen-bond donors (Lipinski definition) is 1. The van der Waals surface area contributed by atoms with Gasteiger partial charge in [-0.1, -0.05) is 36.8 Å². The molecule has 154 valence electrons. The van der Waals surface area contributed by atoms with E-state index in [9.17, 15) is 4.79 Å². The Morgan fingerprint density at radius 3 is 2.37 bits per heavy atom. The van der Waals surface area contributed by atoms with Gasteiger partial charge in [-0.15, -0.1) is 24.8 Å². The molecule has 0 bridgehead atoms. The van der Waals surface area contributed by atoms with Crippen LogP contribution in [0.3, 0.4) is 0 Å². The van der Waals surface area contributed by atoms with Crippen molar-refractivity contribution in [2.75, 3.05) is 26.7 Å². The number of likely N-dealkylation sites (tertiary alicyclic amines) is 1. The van der Waals surface area contributed by atoms with Crippen LogP contribution in [0.1, 0.15) is 44.1 Å². The SMILES string of the molecule is CN(Cc1ccccc1)CC1CCN(C(=O)C[C@@H]2CCC[C@H]2N)CC1.Cl.Cl. The maximum atomic E-state index is 12.5. The number of amides is 1. The fourth-order valence-electron chi connectivity index (χ4n) is 4.44. The van der Waals surface area contributed by atoms with Gasteiger partial charge in [-0.3, -0.25) is 4.79 Å². The van der Waals surface area contributed by atoms with E-state index in [2.05, 4.69) is 47.2 Å². The molecule has 2 aliphatic rings. The fourth-order valence-corrected chi connectivity index (χ4v) is 4.44. The molecule has 4 nitrogen and oxygen atoms in total. The maximum Gasteiger partial charge on any atom is 0.222 e. The van der Waals surface area contributed by atoms with E-state index in [0.717, 1.165) is 51.9 Å². The van der Waals surface area contributed by atoms with E-state index in [4.69, 9.17) is 5.73 Å². The summed E-state index contributed by atoms with van der Waals surface area (Å²) < 4.78 is 0. The first-order valence-electron chi connectivity index (χ1n) is 9.87. The Morgan fingerprint density at radius 1 is 1.11 bits per heavy atom. The molecule has 1 aromatic carbocycles. The summed E-state index contributed by atoms with van der Waals surface area (Å²) in [6, 6.07) is 10.9. The van der Waals surface area contributed by atoms with Crippen LogP contribution in [-0.4, -0.2) is 48.4 Å². The fraction of sp³-hybridized carbons (Fsp3) is 0.667. The van der Waals surface area contributed by atoms with Crippen LogP contribution in [0.5, 0.6) is 0 Å². The molecule has 0 aromatic heterocycles. The van der Waals surface area contributed by atoms with Gasteiger partial charge in [0.2, 0.25) is 5.91 Å². The molecule has 1 heterocycles. The molecule has 2 N–H and O–H groups in total. The van der Waals surface area contributed by atoms with E-state index >= 15 is 0 Å². The molecule has 3 rings (SSSR count). The predicted octanol–water partition coefficient (Wildman–Crippen LogP) is 3.72. The van der Waals surface area contributed by atoms with Crippen molar-refractivity contribution in [3.63, 3.8) is 0 Å². The molecule has 1 saturated carbocycles. The van der Waals surface area contributed by atoms with Crippen molar-refractivity contribution in [3.05, 3.63) is 35.9 Å². The summed E-state index contributed by atoms with van der Waals surface area (Å²) in [5, 5.41) is 0. The van der Waals surface area contributed by atoms with Crippen LogP contribution in [0.4, 0.5) is 0 Å². The summed E-state index contributed by atoms with van der Waals surface area (Å²) in [4.78, 5) is 17.0. The largest absolute Gasteiger partial charge is 0.343 e. The van der Waals surface area contributed by atoms with Crippen molar-refractivity contribution >= 4 is 30.7 Å². The Hall–Kier alpha value is -0.810. The molecular weight excluding hydrogens is 381 g/mol. The number of carbonyl (C=O) groups is 1. The second-order valence-corrected chi connectivity index (χ2v) is 8.07. The van der Waals surface area contributed by atoms with Crippen molar-refractivity contribution in [2.24, 2.45) is 17.6 Å². The number of hydrogen-bond acceptors (Lipinski definition) is 3. The number of nitrogens with two attached hydrogens (primary N) is 1. The smallest absolute Gasteiger partial charge is 0.222 e. The summed E-state index contributed by atoms with van der Waals surface area (Å²) in [6.45, 7) is 3.96. The molecule has 1 amide bonds. The van der Waals surface area contributed by atoms with Crippen molar-refractivity contribution in [1.29, 1.82) is 0 Å². The first kappa shape index (κ1) is 24.2. The highest BCUT2D eigenvalue weighted by Crippen LogP contribution is 2.28. The lowest BCUT2D eigenvalue weighted by Crippen LogP contribution is -2.42. The number of benzene rings is 1. The molecule has 2 atom stereocenters. The van der Waals surface area contributed by atoms with Crippen LogP contribution in [-0.2, 0) is 11.3 Å². The normalized spacial score (nSPS) is 23.0. The molecule has 1 aliphatic heterocycles. The van der Waals surface area contributed by atoms with Gasteiger partial charge in [0.05, 0.1) is 0 Å².